The fourth-order valence-electron chi connectivity index (χ4n) is 1.38. The molecule has 90 valence electrons. The lowest BCUT2D eigenvalue weighted by Gasteiger charge is -2.23. The molecule has 0 spiro atoms. The summed E-state index contributed by atoms with van der Waals surface area (Å²) in [5, 5.41) is 8.91. The second-order valence-corrected chi connectivity index (χ2v) is 3.67. The summed E-state index contributed by atoms with van der Waals surface area (Å²) >= 11 is 0. The van der Waals surface area contributed by atoms with E-state index in [1.165, 1.54) is 0 Å². The van der Waals surface area contributed by atoms with Crippen LogP contribution < -0.4 is 5.73 Å². The van der Waals surface area contributed by atoms with E-state index in [4.69, 9.17) is 15.6 Å². The summed E-state index contributed by atoms with van der Waals surface area (Å²) in [4.78, 5) is 6.33. The van der Waals surface area contributed by atoms with Crippen LogP contribution in [0.3, 0.4) is 0 Å². The van der Waals surface area contributed by atoms with E-state index in [-0.39, 0.29) is 0 Å². The number of ether oxygens (including phenoxy) is 1. The van der Waals surface area contributed by atoms with Gasteiger partial charge >= 0.3 is 0 Å². The zero-order chi connectivity index (χ0) is 12.0. The average molecular weight is 225 g/mol. The van der Waals surface area contributed by atoms with Crippen molar-refractivity contribution >= 4 is 5.71 Å². The summed E-state index contributed by atoms with van der Waals surface area (Å²) in [6, 6.07) is 0. The van der Waals surface area contributed by atoms with Crippen LogP contribution in [0.5, 0.6) is 0 Å². The predicted octanol–water partition coefficient (Wildman–Crippen LogP) is 0.432. The second kappa shape index (κ2) is 6.42. The highest BCUT2D eigenvalue weighted by atomic mass is 16.5. The Kier molecular flexibility index (Phi) is 5.18. The van der Waals surface area contributed by atoms with Crippen molar-refractivity contribution in [2.45, 2.75) is 19.6 Å². The first-order chi connectivity index (χ1) is 7.63. The number of nitrogens with zero attached hydrogens (tertiary/aromatic N) is 2. The zero-order valence-corrected chi connectivity index (χ0v) is 9.76. The van der Waals surface area contributed by atoms with Gasteiger partial charge in [-0.2, -0.15) is 0 Å². The monoisotopic (exact) mass is 225 g/mol. The number of nitrogens with two attached hydrogens (primary N) is 1. The zero-order valence-electron chi connectivity index (χ0n) is 9.76. The number of aliphatic imine (C=N–C) groups is 1. The van der Waals surface area contributed by atoms with E-state index < -0.39 is 6.23 Å². The van der Waals surface area contributed by atoms with E-state index >= 15 is 0 Å². The molecule has 0 aromatic heterocycles. The third kappa shape index (κ3) is 4.14. The topological polar surface area (TPSA) is 71.1 Å². The highest BCUT2D eigenvalue weighted by Crippen LogP contribution is 2.10. The first kappa shape index (κ1) is 12.9. The maximum atomic E-state index is 8.91. The molecule has 5 nitrogen and oxygen atoms in total. The van der Waals surface area contributed by atoms with Crippen LogP contribution in [0, 0.1) is 0 Å². The smallest absolute Gasteiger partial charge is 0.114 e. The van der Waals surface area contributed by atoms with Crippen LogP contribution in [-0.2, 0) is 4.74 Å². The molecule has 1 unspecified atom stereocenters. The van der Waals surface area contributed by atoms with E-state index in [0.717, 1.165) is 11.4 Å². The minimum Gasteiger partial charge on any atom is -0.379 e. The molecule has 1 heterocycles. The van der Waals surface area contributed by atoms with Gasteiger partial charge in [-0.3, -0.25) is 4.99 Å². The Hall–Kier alpha value is -1.17. The van der Waals surface area contributed by atoms with Crippen molar-refractivity contribution in [3.8, 4) is 0 Å². The van der Waals surface area contributed by atoms with Crippen molar-refractivity contribution in [3.05, 3.63) is 24.0 Å². The summed E-state index contributed by atoms with van der Waals surface area (Å²) < 4.78 is 5.02. The molecule has 0 aliphatic carbocycles. The number of allylic oxidation sites excluding steroid dienone is 1. The molecule has 1 aliphatic rings. The van der Waals surface area contributed by atoms with Crippen molar-refractivity contribution in [1.82, 2.24) is 4.90 Å². The van der Waals surface area contributed by atoms with E-state index in [9.17, 15) is 0 Å². The molecule has 5 heteroatoms. The van der Waals surface area contributed by atoms with Gasteiger partial charge in [0, 0.05) is 25.4 Å². The van der Waals surface area contributed by atoms with Crippen LogP contribution in [0.1, 0.15) is 13.3 Å². The molecular weight excluding hydrogens is 206 g/mol. The first-order valence-corrected chi connectivity index (χ1v) is 5.21. The predicted molar refractivity (Wildman–Crippen MR) is 63.7 cm³/mol. The SMILES string of the molecule is COCC1=NCN(/C=C\CC(N)O)C(C)=C1. The quantitative estimate of drug-likeness (QED) is 0.666. The Morgan fingerprint density at radius 3 is 3.06 bits per heavy atom. The van der Waals surface area contributed by atoms with Gasteiger partial charge in [0.1, 0.15) is 12.9 Å². The normalized spacial score (nSPS) is 18.6. The lowest BCUT2D eigenvalue weighted by molar-refractivity contribution is 0.185. The van der Waals surface area contributed by atoms with Crippen molar-refractivity contribution < 1.29 is 9.84 Å². The van der Waals surface area contributed by atoms with Crippen LogP contribution in [-0.4, -0.2) is 42.3 Å². The largest absolute Gasteiger partial charge is 0.379 e. The second-order valence-electron chi connectivity index (χ2n) is 3.67. The molecule has 1 atom stereocenters. The summed E-state index contributed by atoms with van der Waals surface area (Å²) in [5.41, 5.74) is 7.28. The highest BCUT2D eigenvalue weighted by molar-refractivity contribution is 5.97. The van der Waals surface area contributed by atoms with Crippen LogP contribution in [0.25, 0.3) is 0 Å². The molecule has 0 amide bonds. The molecule has 16 heavy (non-hydrogen) atoms. The van der Waals surface area contributed by atoms with Gasteiger partial charge in [0.15, 0.2) is 0 Å². The van der Waals surface area contributed by atoms with Gasteiger partial charge in [0.25, 0.3) is 0 Å². The van der Waals surface area contributed by atoms with Gasteiger partial charge in [-0.15, -0.1) is 0 Å². The van der Waals surface area contributed by atoms with Gasteiger partial charge in [0.05, 0.1) is 12.3 Å². The molecule has 0 radical (unpaired) electrons. The molecular formula is C11H19N3O2. The maximum Gasteiger partial charge on any atom is 0.114 e. The Morgan fingerprint density at radius 2 is 2.50 bits per heavy atom. The lowest BCUT2D eigenvalue weighted by atomic mass is 10.2. The standard InChI is InChI=1S/C11H19N3O2/c1-9-6-10(7-16-2)13-8-14(9)5-3-4-11(12)15/h3,5-6,11,15H,4,7-8,12H2,1-2H3/b5-3-. The molecule has 0 aromatic rings. The average Bonchev–Trinajstić information content (AvgIpc) is 2.21. The van der Waals surface area contributed by atoms with Crippen LogP contribution in [0.2, 0.25) is 0 Å². The maximum absolute atomic E-state index is 8.91. The van der Waals surface area contributed by atoms with Crippen molar-refractivity contribution in [2.75, 3.05) is 20.4 Å². The lowest BCUT2D eigenvalue weighted by Crippen LogP contribution is -2.23. The van der Waals surface area contributed by atoms with Gasteiger partial charge in [-0.1, -0.05) is 6.08 Å². The fraction of sp³-hybridized carbons (Fsp3) is 0.545. The summed E-state index contributed by atoms with van der Waals surface area (Å²) in [6.45, 7) is 3.13. The molecule has 1 aliphatic heterocycles. The number of hydrogen-bond donors (Lipinski definition) is 2. The molecule has 0 fully saturated rings. The third-order valence-corrected chi connectivity index (χ3v) is 2.21. The molecule has 0 saturated heterocycles. The number of hydrogen-bond acceptors (Lipinski definition) is 5. The highest BCUT2D eigenvalue weighted by Gasteiger charge is 2.08. The van der Waals surface area contributed by atoms with E-state index in [2.05, 4.69) is 4.99 Å². The Morgan fingerprint density at radius 1 is 1.75 bits per heavy atom. The molecule has 0 bridgehead atoms. The molecule has 0 aromatic carbocycles. The number of rotatable bonds is 5. The molecule has 0 saturated carbocycles. The minimum absolute atomic E-state index is 0.443. The summed E-state index contributed by atoms with van der Waals surface area (Å²) in [5.74, 6) is 0. The van der Waals surface area contributed by atoms with Gasteiger partial charge in [-0.25, -0.2) is 0 Å². The van der Waals surface area contributed by atoms with Gasteiger partial charge in [0.2, 0.25) is 0 Å². The van der Waals surface area contributed by atoms with Crippen LogP contribution in [0.4, 0.5) is 0 Å². The Balaban J connectivity index is 2.49. The Labute approximate surface area is 95.9 Å². The third-order valence-electron chi connectivity index (χ3n) is 2.21. The molecule has 3 N–H and O–H groups in total. The number of aliphatic hydroxyl groups excluding tert-OH is 1. The first-order valence-electron chi connectivity index (χ1n) is 5.21. The van der Waals surface area contributed by atoms with Gasteiger partial charge in [-0.05, 0) is 13.0 Å². The minimum atomic E-state index is -0.794. The Bertz CT molecular complexity index is 308. The van der Waals surface area contributed by atoms with E-state index in [0.29, 0.717) is 19.7 Å². The summed E-state index contributed by atoms with van der Waals surface area (Å²) in [7, 11) is 1.65. The van der Waals surface area contributed by atoms with E-state index in [1.807, 2.05) is 30.2 Å². The van der Waals surface area contributed by atoms with Crippen LogP contribution >= 0.6 is 0 Å². The van der Waals surface area contributed by atoms with Crippen molar-refractivity contribution in [3.63, 3.8) is 0 Å². The van der Waals surface area contributed by atoms with Gasteiger partial charge < -0.3 is 20.5 Å². The number of aliphatic hydroxyl groups is 1. The fourth-order valence-corrected chi connectivity index (χ4v) is 1.38. The molecule has 1 rings (SSSR count). The van der Waals surface area contributed by atoms with Crippen LogP contribution in [0.15, 0.2) is 29.0 Å². The van der Waals surface area contributed by atoms with Crippen molar-refractivity contribution in [1.29, 1.82) is 0 Å². The van der Waals surface area contributed by atoms with E-state index in [1.54, 1.807) is 7.11 Å². The summed E-state index contributed by atoms with van der Waals surface area (Å²) in [6.07, 6.45) is 5.35. The number of methoxy groups -OCH3 is 1. The van der Waals surface area contributed by atoms with Crippen molar-refractivity contribution in [2.24, 2.45) is 10.7 Å².